The Labute approximate surface area is 80.5 Å². The van der Waals surface area contributed by atoms with Gasteiger partial charge in [0.15, 0.2) is 0 Å². The zero-order valence-corrected chi connectivity index (χ0v) is 8.86. The van der Waals surface area contributed by atoms with Gasteiger partial charge in [-0.15, -0.1) is 0 Å². The van der Waals surface area contributed by atoms with Crippen LogP contribution in [0.15, 0.2) is 0 Å². The maximum atomic E-state index is 10.6. The molecule has 0 aromatic rings. The van der Waals surface area contributed by atoms with Crippen LogP contribution >= 0.6 is 12.6 Å². The van der Waals surface area contributed by atoms with Crippen LogP contribution in [-0.2, 0) is 0 Å². The van der Waals surface area contributed by atoms with E-state index in [1.807, 2.05) is 0 Å². The van der Waals surface area contributed by atoms with Gasteiger partial charge in [-0.25, -0.2) is 0 Å². The number of nitrogens with one attached hydrogen (secondary N) is 1. The predicted molar refractivity (Wildman–Crippen MR) is 55.7 cm³/mol. The lowest BCUT2D eigenvalue weighted by Gasteiger charge is -2.14. The van der Waals surface area contributed by atoms with E-state index in [4.69, 9.17) is 0 Å². The minimum absolute atomic E-state index is 0.210. The average Bonchev–Trinajstić information content (AvgIpc) is 2.02. The Morgan fingerprint density at radius 2 is 2.08 bits per heavy atom. The fourth-order valence-corrected chi connectivity index (χ4v) is 1.38. The minimum Gasteiger partial charge on any atom is -0.344 e. The second kappa shape index (κ2) is 7.47. The molecule has 0 rings (SSSR count). The summed E-state index contributed by atoms with van der Waals surface area (Å²) in [6.45, 7) is 4.26. The van der Waals surface area contributed by atoms with Crippen LogP contribution in [-0.4, -0.2) is 11.3 Å². The number of unbranched alkanes of at least 4 members (excludes halogenated alkanes) is 2. The molecule has 0 saturated carbocycles. The van der Waals surface area contributed by atoms with Gasteiger partial charge in [-0.3, -0.25) is 4.79 Å². The first-order chi connectivity index (χ1) is 5.70. The van der Waals surface area contributed by atoms with E-state index in [1.54, 1.807) is 0 Å². The normalized spacial score (nSPS) is 12.6. The molecule has 0 bridgehead atoms. The monoisotopic (exact) mass is 189 g/mol. The van der Waals surface area contributed by atoms with Crippen molar-refractivity contribution in [3.63, 3.8) is 0 Å². The van der Waals surface area contributed by atoms with Crippen molar-refractivity contribution in [2.45, 2.75) is 52.0 Å². The van der Waals surface area contributed by atoms with E-state index in [0.29, 0.717) is 6.04 Å². The highest BCUT2D eigenvalue weighted by molar-refractivity contribution is 7.96. The Hall–Kier alpha value is -0.180. The molecule has 0 radical (unpaired) electrons. The lowest BCUT2D eigenvalue weighted by molar-refractivity contribution is 0.256. The van der Waals surface area contributed by atoms with E-state index >= 15 is 0 Å². The van der Waals surface area contributed by atoms with Gasteiger partial charge in [-0.05, 0) is 12.8 Å². The summed E-state index contributed by atoms with van der Waals surface area (Å²) in [6, 6.07) is 0.321. The first kappa shape index (κ1) is 11.8. The van der Waals surface area contributed by atoms with Crippen molar-refractivity contribution in [3.8, 4) is 0 Å². The minimum atomic E-state index is -0.210. The molecule has 0 heterocycles. The van der Waals surface area contributed by atoms with Crippen molar-refractivity contribution < 1.29 is 4.79 Å². The van der Waals surface area contributed by atoms with E-state index in [0.717, 1.165) is 12.8 Å². The van der Waals surface area contributed by atoms with Gasteiger partial charge in [0.2, 0.25) is 0 Å². The Bertz CT molecular complexity index is 128. The largest absolute Gasteiger partial charge is 0.344 e. The highest BCUT2D eigenvalue weighted by atomic mass is 32.1. The van der Waals surface area contributed by atoms with E-state index in [9.17, 15) is 4.79 Å². The molecule has 1 atom stereocenters. The van der Waals surface area contributed by atoms with Crippen LogP contribution in [0, 0.1) is 0 Å². The summed E-state index contributed by atoms with van der Waals surface area (Å²) in [7, 11) is 0. The third-order valence-electron chi connectivity index (χ3n) is 1.98. The molecule has 2 nitrogen and oxygen atoms in total. The maximum absolute atomic E-state index is 10.6. The van der Waals surface area contributed by atoms with Crippen LogP contribution in [0.3, 0.4) is 0 Å². The second-order valence-electron chi connectivity index (χ2n) is 3.05. The molecule has 1 unspecified atom stereocenters. The van der Waals surface area contributed by atoms with Crippen LogP contribution in [0.4, 0.5) is 4.79 Å². The molecule has 0 aromatic heterocycles. The summed E-state index contributed by atoms with van der Waals surface area (Å²) >= 11 is 3.69. The van der Waals surface area contributed by atoms with Crippen molar-refractivity contribution in [2.24, 2.45) is 0 Å². The summed E-state index contributed by atoms with van der Waals surface area (Å²) in [6.07, 6.45) is 5.75. The van der Waals surface area contributed by atoms with Gasteiger partial charge in [0, 0.05) is 6.04 Å². The van der Waals surface area contributed by atoms with Crippen molar-refractivity contribution >= 4 is 17.9 Å². The molecule has 0 saturated heterocycles. The van der Waals surface area contributed by atoms with Gasteiger partial charge in [0.1, 0.15) is 0 Å². The van der Waals surface area contributed by atoms with E-state index in [2.05, 4.69) is 31.8 Å². The summed E-state index contributed by atoms with van der Waals surface area (Å²) in [4.78, 5) is 10.6. The van der Waals surface area contributed by atoms with Crippen molar-refractivity contribution in [1.29, 1.82) is 0 Å². The third kappa shape index (κ3) is 6.53. The van der Waals surface area contributed by atoms with Crippen LogP contribution in [0.5, 0.6) is 0 Å². The van der Waals surface area contributed by atoms with Gasteiger partial charge in [0.25, 0.3) is 5.24 Å². The number of hydrogen-bond acceptors (Lipinski definition) is 1. The number of carbonyl (C=O) groups excluding carboxylic acids is 1. The van der Waals surface area contributed by atoms with Crippen LogP contribution in [0.1, 0.15) is 46.0 Å². The fraction of sp³-hybridized carbons (Fsp3) is 0.889. The first-order valence-corrected chi connectivity index (χ1v) is 5.14. The summed E-state index contributed by atoms with van der Waals surface area (Å²) in [5.74, 6) is 0. The van der Waals surface area contributed by atoms with Crippen molar-refractivity contribution in [3.05, 3.63) is 0 Å². The number of rotatable bonds is 6. The van der Waals surface area contributed by atoms with Crippen molar-refractivity contribution in [2.75, 3.05) is 0 Å². The molecule has 0 spiro atoms. The number of amides is 1. The topological polar surface area (TPSA) is 29.1 Å². The zero-order valence-electron chi connectivity index (χ0n) is 7.97. The van der Waals surface area contributed by atoms with E-state index in [1.165, 1.54) is 19.3 Å². The lowest BCUT2D eigenvalue weighted by atomic mass is 10.1. The van der Waals surface area contributed by atoms with E-state index in [-0.39, 0.29) is 5.24 Å². The zero-order chi connectivity index (χ0) is 9.40. The second-order valence-corrected chi connectivity index (χ2v) is 3.46. The molecule has 3 heteroatoms. The van der Waals surface area contributed by atoms with Gasteiger partial charge in [-0.1, -0.05) is 45.7 Å². The van der Waals surface area contributed by atoms with Crippen LogP contribution in [0.25, 0.3) is 0 Å². The first-order valence-electron chi connectivity index (χ1n) is 4.70. The smallest absolute Gasteiger partial charge is 0.276 e. The standard InChI is InChI=1S/C9H19NOS/c1-3-5-6-7-8(4-2)10-9(11)12/h8H,3-7H2,1-2H3,(H2,10,11,12). The van der Waals surface area contributed by atoms with Crippen molar-refractivity contribution in [1.82, 2.24) is 5.32 Å². The molecule has 0 aliphatic carbocycles. The van der Waals surface area contributed by atoms with Gasteiger partial charge in [0.05, 0.1) is 0 Å². The van der Waals surface area contributed by atoms with Crippen LogP contribution < -0.4 is 5.32 Å². The highest BCUT2D eigenvalue weighted by Gasteiger charge is 2.06. The van der Waals surface area contributed by atoms with Gasteiger partial charge in [-0.2, -0.15) is 0 Å². The molecular weight excluding hydrogens is 170 g/mol. The van der Waals surface area contributed by atoms with Gasteiger partial charge >= 0.3 is 0 Å². The summed E-state index contributed by atoms with van der Waals surface area (Å²) < 4.78 is 0. The highest BCUT2D eigenvalue weighted by Crippen LogP contribution is 2.06. The fourth-order valence-electron chi connectivity index (χ4n) is 1.19. The molecular formula is C9H19NOS. The predicted octanol–water partition coefficient (Wildman–Crippen LogP) is 2.98. The molecule has 0 aliphatic heterocycles. The molecule has 0 aromatic carbocycles. The number of thiol groups is 1. The Balaban J connectivity index is 3.46. The SMILES string of the molecule is CCCCCC(CC)NC(=O)S. The molecule has 0 fully saturated rings. The summed E-state index contributed by atoms with van der Waals surface area (Å²) in [5, 5.41) is 2.60. The molecule has 1 amide bonds. The van der Waals surface area contributed by atoms with Crippen LogP contribution in [0.2, 0.25) is 0 Å². The van der Waals surface area contributed by atoms with E-state index < -0.39 is 0 Å². The number of carbonyl (C=O) groups is 1. The maximum Gasteiger partial charge on any atom is 0.276 e. The quantitative estimate of drug-likeness (QED) is 0.488. The average molecular weight is 189 g/mol. The van der Waals surface area contributed by atoms with Gasteiger partial charge < -0.3 is 5.32 Å². The molecule has 12 heavy (non-hydrogen) atoms. The Kier molecular flexibility index (Phi) is 7.36. The molecule has 1 N–H and O–H groups in total. The number of hydrogen-bond donors (Lipinski definition) is 2. The Morgan fingerprint density at radius 3 is 2.50 bits per heavy atom. The summed E-state index contributed by atoms with van der Waals surface area (Å²) in [5.41, 5.74) is 0. The third-order valence-corrected chi connectivity index (χ3v) is 2.11. The molecule has 72 valence electrons. The lowest BCUT2D eigenvalue weighted by Crippen LogP contribution is -2.30. The Morgan fingerprint density at radius 1 is 1.42 bits per heavy atom. The molecule has 0 aliphatic rings.